The number of carbonyl (C=O) groups excluding carboxylic acids is 2. The molecule has 0 aromatic heterocycles. The van der Waals surface area contributed by atoms with Crippen LogP contribution in [-0.4, -0.2) is 36.1 Å². The van der Waals surface area contributed by atoms with Crippen LogP contribution >= 0.6 is 0 Å². The molecule has 8 heteroatoms. The zero-order valence-corrected chi connectivity index (χ0v) is 17.6. The number of amides is 2. The van der Waals surface area contributed by atoms with Crippen molar-refractivity contribution in [3.63, 3.8) is 0 Å². The second-order valence-electron chi connectivity index (χ2n) is 7.73. The number of carboxylic acids is 1. The van der Waals surface area contributed by atoms with Crippen molar-refractivity contribution in [3.05, 3.63) is 90.0 Å². The molecule has 33 heavy (non-hydrogen) atoms. The Labute approximate surface area is 189 Å². The third kappa shape index (κ3) is 3.23. The number of hydrogen-bond acceptors (Lipinski definition) is 6. The van der Waals surface area contributed by atoms with Crippen LogP contribution in [0.3, 0.4) is 0 Å². The first-order chi connectivity index (χ1) is 16.0. The molecule has 1 N–H and O–H groups in total. The van der Waals surface area contributed by atoms with Gasteiger partial charge in [0.25, 0.3) is 5.91 Å². The molecule has 166 valence electrons. The molecule has 0 saturated carbocycles. The molecular weight excluding hydrogens is 424 g/mol. The highest BCUT2D eigenvalue weighted by Crippen LogP contribution is 2.49. The smallest absolute Gasteiger partial charge is 0.336 e. The summed E-state index contributed by atoms with van der Waals surface area (Å²) in [5.41, 5.74) is 1.37. The summed E-state index contributed by atoms with van der Waals surface area (Å²) in [4.78, 5) is 46.3. The van der Waals surface area contributed by atoms with Crippen LogP contribution in [-0.2, 0) is 14.4 Å². The third-order valence-electron chi connectivity index (χ3n) is 5.96. The molecule has 3 aromatic carbocycles. The minimum absolute atomic E-state index is 0.0451. The number of carbonyl (C=O) groups is 3. The largest absolute Gasteiger partial charge is 0.495 e. The number of benzene rings is 3. The van der Waals surface area contributed by atoms with E-state index in [9.17, 15) is 19.5 Å². The molecular formula is C25H20N2O6. The lowest BCUT2D eigenvalue weighted by Gasteiger charge is -2.29. The van der Waals surface area contributed by atoms with E-state index in [0.29, 0.717) is 22.7 Å². The molecule has 0 bridgehead atoms. The van der Waals surface area contributed by atoms with E-state index >= 15 is 0 Å². The highest BCUT2D eigenvalue weighted by Gasteiger charge is 2.61. The highest BCUT2D eigenvalue weighted by molar-refractivity contribution is 6.24. The van der Waals surface area contributed by atoms with E-state index in [2.05, 4.69) is 0 Å². The van der Waals surface area contributed by atoms with Gasteiger partial charge in [-0.15, -0.1) is 0 Å². The van der Waals surface area contributed by atoms with Crippen LogP contribution in [0.4, 0.5) is 11.4 Å². The van der Waals surface area contributed by atoms with Gasteiger partial charge in [-0.3, -0.25) is 14.4 Å². The summed E-state index contributed by atoms with van der Waals surface area (Å²) >= 11 is 0. The average Bonchev–Trinajstić information content (AvgIpc) is 3.35. The fourth-order valence-electron chi connectivity index (χ4n) is 4.53. The lowest BCUT2D eigenvalue weighted by molar-refractivity contribution is -0.126. The molecule has 2 heterocycles. The van der Waals surface area contributed by atoms with E-state index in [1.54, 1.807) is 66.7 Å². The number of carboxylic acid groups (broad SMARTS) is 1. The predicted molar refractivity (Wildman–Crippen MR) is 119 cm³/mol. The molecule has 2 amide bonds. The summed E-state index contributed by atoms with van der Waals surface area (Å²) in [7, 11) is 1.46. The molecule has 2 aliphatic rings. The van der Waals surface area contributed by atoms with Crippen LogP contribution in [0.1, 0.15) is 22.0 Å². The summed E-state index contributed by atoms with van der Waals surface area (Å²) in [6.07, 6.45) is -1.10. The summed E-state index contributed by atoms with van der Waals surface area (Å²) in [6.45, 7) is 0. The zero-order chi connectivity index (χ0) is 23.1. The first kappa shape index (κ1) is 20.7. The summed E-state index contributed by atoms with van der Waals surface area (Å²) in [5.74, 6) is -2.69. The van der Waals surface area contributed by atoms with Crippen molar-refractivity contribution in [3.8, 4) is 5.75 Å². The molecule has 8 nitrogen and oxygen atoms in total. The first-order valence-electron chi connectivity index (χ1n) is 10.4. The van der Waals surface area contributed by atoms with Crippen LogP contribution in [0.5, 0.6) is 5.75 Å². The van der Waals surface area contributed by atoms with Crippen LogP contribution in [0.15, 0.2) is 78.9 Å². The summed E-state index contributed by atoms with van der Waals surface area (Å²) < 4.78 is 5.35. The Morgan fingerprint density at radius 3 is 2.30 bits per heavy atom. The second kappa shape index (κ2) is 8.07. The quantitative estimate of drug-likeness (QED) is 0.602. The standard InChI is InChI=1S/C25H20N2O6/c1-32-19-14-8-7-13-18(19)26-23(28)20-21(16-11-5-6-12-17(16)25(30)31)27(33-22(20)24(26)29)15-9-3-2-4-10-15/h2-14,20-22H,1H3,(H,30,31)/t20-,21+,22+/m0/s1. The number of nitrogens with zero attached hydrogens (tertiary/aromatic N) is 2. The van der Waals surface area contributed by atoms with Gasteiger partial charge in [0.15, 0.2) is 6.10 Å². The van der Waals surface area contributed by atoms with E-state index in [-0.39, 0.29) is 5.56 Å². The number of anilines is 2. The van der Waals surface area contributed by atoms with Gasteiger partial charge in [0.05, 0.1) is 30.1 Å². The maximum atomic E-state index is 13.7. The third-order valence-corrected chi connectivity index (χ3v) is 5.96. The Kier molecular flexibility index (Phi) is 5.07. The molecule has 0 radical (unpaired) electrons. The molecule has 3 aromatic rings. The van der Waals surface area contributed by atoms with E-state index in [0.717, 1.165) is 4.90 Å². The van der Waals surface area contributed by atoms with Gasteiger partial charge >= 0.3 is 5.97 Å². The van der Waals surface area contributed by atoms with Crippen LogP contribution in [0.25, 0.3) is 0 Å². The molecule has 5 rings (SSSR count). The van der Waals surface area contributed by atoms with Crippen molar-refractivity contribution >= 4 is 29.2 Å². The number of fused-ring (bicyclic) bond motifs is 1. The minimum atomic E-state index is -1.12. The number of ether oxygens (including phenoxy) is 1. The van der Waals surface area contributed by atoms with Crippen molar-refractivity contribution < 1.29 is 29.1 Å². The fourth-order valence-corrected chi connectivity index (χ4v) is 4.53. The predicted octanol–water partition coefficient (Wildman–Crippen LogP) is 3.44. The SMILES string of the molecule is COc1ccccc1N1C(=O)[C@H]2[C@@H](c3ccccc3C(=O)O)N(c3ccccc3)O[C@H]2C1=O. The Bertz CT molecular complexity index is 1240. The second-order valence-corrected chi connectivity index (χ2v) is 7.73. The normalized spacial score (nSPS) is 21.9. The molecule has 0 spiro atoms. The number of rotatable bonds is 5. The molecule has 2 fully saturated rings. The topological polar surface area (TPSA) is 96.4 Å². The Morgan fingerprint density at radius 1 is 0.909 bits per heavy atom. The molecule has 3 atom stereocenters. The Hall–Kier alpha value is -4.17. The van der Waals surface area contributed by atoms with Gasteiger partial charge in [-0.05, 0) is 35.9 Å². The monoisotopic (exact) mass is 444 g/mol. The number of hydroxylamine groups is 1. The Balaban J connectivity index is 1.65. The van der Waals surface area contributed by atoms with Crippen molar-refractivity contribution in [1.82, 2.24) is 0 Å². The van der Waals surface area contributed by atoms with E-state index in [1.165, 1.54) is 18.2 Å². The van der Waals surface area contributed by atoms with E-state index in [1.807, 2.05) is 6.07 Å². The average molecular weight is 444 g/mol. The Morgan fingerprint density at radius 2 is 1.58 bits per heavy atom. The molecule has 2 aliphatic heterocycles. The van der Waals surface area contributed by atoms with Gasteiger partial charge in [0.2, 0.25) is 5.91 Å². The number of aromatic carboxylic acids is 1. The number of hydrogen-bond donors (Lipinski definition) is 1. The number of methoxy groups -OCH3 is 1. The van der Waals surface area contributed by atoms with Crippen molar-refractivity contribution in [2.24, 2.45) is 5.92 Å². The van der Waals surface area contributed by atoms with Crippen molar-refractivity contribution in [2.75, 3.05) is 17.1 Å². The molecule has 0 aliphatic carbocycles. The molecule has 0 unspecified atom stereocenters. The minimum Gasteiger partial charge on any atom is -0.495 e. The van der Waals surface area contributed by atoms with E-state index in [4.69, 9.17) is 9.57 Å². The number of para-hydroxylation sites is 3. The van der Waals surface area contributed by atoms with Gasteiger partial charge in [-0.2, -0.15) is 0 Å². The van der Waals surface area contributed by atoms with Gasteiger partial charge in [0.1, 0.15) is 11.7 Å². The molecule has 2 saturated heterocycles. The highest BCUT2D eigenvalue weighted by atomic mass is 16.7. The van der Waals surface area contributed by atoms with Gasteiger partial charge < -0.3 is 9.84 Å². The fraction of sp³-hybridized carbons (Fsp3) is 0.160. The van der Waals surface area contributed by atoms with Crippen molar-refractivity contribution in [1.29, 1.82) is 0 Å². The first-order valence-corrected chi connectivity index (χ1v) is 10.4. The van der Waals surface area contributed by atoms with Crippen LogP contribution in [0, 0.1) is 5.92 Å². The lowest BCUT2D eigenvalue weighted by Crippen LogP contribution is -2.37. The maximum absolute atomic E-state index is 13.7. The summed E-state index contributed by atoms with van der Waals surface area (Å²) in [6, 6.07) is 21.4. The zero-order valence-electron chi connectivity index (χ0n) is 17.6. The van der Waals surface area contributed by atoms with Gasteiger partial charge in [0, 0.05) is 0 Å². The van der Waals surface area contributed by atoms with Crippen molar-refractivity contribution in [2.45, 2.75) is 12.1 Å². The summed E-state index contributed by atoms with van der Waals surface area (Å²) in [5, 5.41) is 11.3. The number of imide groups is 1. The van der Waals surface area contributed by atoms with Gasteiger partial charge in [-0.25, -0.2) is 14.8 Å². The lowest BCUT2D eigenvalue weighted by atomic mass is 9.88. The maximum Gasteiger partial charge on any atom is 0.336 e. The van der Waals surface area contributed by atoms with E-state index < -0.39 is 35.8 Å². The van der Waals surface area contributed by atoms with Crippen LogP contribution in [0.2, 0.25) is 0 Å². The van der Waals surface area contributed by atoms with Crippen LogP contribution < -0.4 is 14.7 Å². The van der Waals surface area contributed by atoms with Gasteiger partial charge in [-0.1, -0.05) is 48.5 Å².